The first-order chi connectivity index (χ1) is 10.3. The third-order valence-corrected chi connectivity index (χ3v) is 5.91. The van der Waals surface area contributed by atoms with Crippen LogP contribution in [0, 0.1) is 23.7 Å². The maximum atomic E-state index is 8.74. The molecule has 2 saturated carbocycles. The van der Waals surface area contributed by atoms with Gasteiger partial charge in [0.05, 0.1) is 0 Å². The third kappa shape index (κ3) is 7.17. The summed E-state index contributed by atoms with van der Waals surface area (Å²) < 4.78 is 0. The number of unbranched alkanes of at least 4 members (excludes halogenated alkanes) is 7. The second kappa shape index (κ2) is 9.87. The van der Waals surface area contributed by atoms with Crippen LogP contribution in [0.15, 0.2) is 0 Å². The minimum Gasteiger partial charge on any atom is -0.396 e. The lowest BCUT2D eigenvalue weighted by Gasteiger charge is -2.02. The van der Waals surface area contributed by atoms with Crippen LogP contribution in [-0.2, 0) is 0 Å². The van der Waals surface area contributed by atoms with Crippen LogP contribution >= 0.6 is 0 Å². The highest BCUT2D eigenvalue weighted by molar-refractivity contribution is 4.94. The Hall–Kier alpha value is -0.0400. The van der Waals surface area contributed by atoms with Gasteiger partial charge in [0.2, 0.25) is 0 Å². The summed E-state index contributed by atoms with van der Waals surface area (Å²) in [6.45, 7) is 2.69. The molecule has 0 aliphatic heterocycles. The SMILES string of the molecule is CCCCC[C@H]1CC1C[C@H]1C[C@@H]1CCCCCCCCO. The molecule has 0 radical (unpaired) electrons. The number of hydrogen-bond donors (Lipinski definition) is 1. The Balaban J connectivity index is 1.36. The van der Waals surface area contributed by atoms with Crippen LogP contribution in [0.3, 0.4) is 0 Å². The number of aliphatic hydroxyl groups excluding tert-OH is 1. The van der Waals surface area contributed by atoms with Gasteiger partial charge in [-0.3, -0.25) is 0 Å². The first kappa shape index (κ1) is 17.3. The fourth-order valence-electron chi connectivity index (χ4n) is 4.18. The van der Waals surface area contributed by atoms with Gasteiger partial charge in [-0.05, 0) is 49.4 Å². The van der Waals surface area contributed by atoms with Gasteiger partial charge in [-0.2, -0.15) is 0 Å². The number of hydrogen-bond acceptors (Lipinski definition) is 1. The molecule has 124 valence electrons. The van der Waals surface area contributed by atoms with Gasteiger partial charge in [-0.15, -0.1) is 0 Å². The zero-order valence-electron chi connectivity index (χ0n) is 14.4. The maximum Gasteiger partial charge on any atom is 0.0431 e. The molecule has 1 nitrogen and oxygen atoms in total. The Morgan fingerprint density at radius 2 is 1.19 bits per heavy atom. The lowest BCUT2D eigenvalue weighted by atomic mass is 10.0. The van der Waals surface area contributed by atoms with Crippen LogP contribution in [0.2, 0.25) is 0 Å². The van der Waals surface area contributed by atoms with Gasteiger partial charge in [0.25, 0.3) is 0 Å². The van der Waals surface area contributed by atoms with Crippen molar-refractivity contribution in [2.45, 2.75) is 96.8 Å². The van der Waals surface area contributed by atoms with Crippen molar-refractivity contribution in [1.82, 2.24) is 0 Å². The van der Waals surface area contributed by atoms with E-state index in [-0.39, 0.29) is 0 Å². The van der Waals surface area contributed by atoms with E-state index in [1.807, 2.05) is 0 Å². The average molecular weight is 295 g/mol. The molecule has 2 rings (SSSR count). The summed E-state index contributed by atoms with van der Waals surface area (Å²) in [6, 6.07) is 0. The number of aliphatic hydroxyl groups is 1. The lowest BCUT2D eigenvalue weighted by Crippen LogP contribution is -1.90. The van der Waals surface area contributed by atoms with Crippen molar-refractivity contribution >= 4 is 0 Å². The van der Waals surface area contributed by atoms with Crippen LogP contribution in [0.25, 0.3) is 0 Å². The fraction of sp³-hybridized carbons (Fsp3) is 1.00. The van der Waals surface area contributed by atoms with Gasteiger partial charge in [0.1, 0.15) is 0 Å². The third-order valence-electron chi connectivity index (χ3n) is 5.91. The molecule has 2 fully saturated rings. The van der Waals surface area contributed by atoms with E-state index >= 15 is 0 Å². The summed E-state index contributed by atoms with van der Waals surface area (Å²) in [5, 5.41) is 8.74. The lowest BCUT2D eigenvalue weighted by molar-refractivity contribution is 0.282. The van der Waals surface area contributed by atoms with Gasteiger partial charge >= 0.3 is 0 Å². The molecular formula is C20H38O. The van der Waals surface area contributed by atoms with Crippen molar-refractivity contribution in [2.24, 2.45) is 23.7 Å². The second-order valence-electron chi connectivity index (χ2n) is 7.88. The van der Waals surface area contributed by atoms with Gasteiger partial charge in [0, 0.05) is 6.61 Å². The first-order valence-corrected chi connectivity index (χ1v) is 9.96. The zero-order chi connectivity index (χ0) is 14.9. The molecule has 0 aromatic heterocycles. The van der Waals surface area contributed by atoms with Crippen molar-refractivity contribution in [3.05, 3.63) is 0 Å². The van der Waals surface area contributed by atoms with Gasteiger partial charge in [-0.1, -0.05) is 71.1 Å². The normalized spacial score (nSPS) is 30.6. The highest BCUT2D eigenvalue weighted by Crippen LogP contribution is 2.54. The van der Waals surface area contributed by atoms with Crippen LogP contribution in [0.1, 0.15) is 96.8 Å². The van der Waals surface area contributed by atoms with E-state index in [1.54, 1.807) is 19.3 Å². The van der Waals surface area contributed by atoms with Crippen LogP contribution in [0.4, 0.5) is 0 Å². The largest absolute Gasteiger partial charge is 0.396 e. The summed E-state index contributed by atoms with van der Waals surface area (Å²) in [7, 11) is 0. The molecule has 2 aliphatic rings. The Kier molecular flexibility index (Phi) is 8.14. The van der Waals surface area contributed by atoms with E-state index in [9.17, 15) is 0 Å². The minimum absolute atomic E-state index is 0.379. The van der Waals surface area contributed by atoms with E-state index in [1.165, 1.54) is 64.2 Å². The summed E-state index contributed by atoms with van der Waals surface area (Å²) in [5.41, 5.74) is 0. The van der Waals surface area contributed by atoms with Gasteiger partial charge in [0.15, 0.2) is 0 Å². The quantitative estimate of drug-likeness (QED) is 0.392. The van der Waals surface area contributed by atoms with E-state index in [0.717, 1.165) is 30.1 Å². The highest BCUT2D eigenvalue weighted by atomic mass is 16.2. The summed E-state index contributed by atoms with van der Waals surface area (Å²) in [5.74, 6) is 4.50. The molecule has 1 N–H and O–H groups in total. The predicted octanol–water partition coefficient (Wildman–Crippen LogP) is 5.95. The molecule has 0 spiro atoms. The molecule has 1 unspecified atom stereocenters. The number of rotatable bonds is 14. The molecule has 0 amide bonds. The van der Waals surface area contributed by atoms with E-state index in [4.69, 9.17) is 5.11 Å². The molecule has 0 saturated heterocycles. The molecule has 21 heavy (non-hydrogen) atoms. The standard InChI is InChI=1S/C20H38O/c1-2-3-8-11-17-14-19(17)16-20-15-18(20)12-9-6-4-5-7-10-13-21/h17-21H,2-16H2,1H3/t17-,18-,19?,20+/m0/s1. The Labute approximate surface area is 132 Å². The van der Waals surface area contributed by atoms with Crippen molar-refractivity contribution in [2.75, 3.05) is 6.61 Å². The Morgan fingerprint density at radius 3 is 1.76 bits per heavy atom. The molecule has 1 heteroatoms. The molecule has 0 aromatic carbocycles. The highest BCUT2D eigenvalue weighted by Gasteiger charge is 2.44. The van der Waals surface area contributed by atoms with Crippen molar-refractivity contribution in [1.29, 1.82) is 0 Å². The predicted molar refractivity (Wildman–Crippen MR) is 91.4 cm³/mol. The van der Waals surface area contributed by atoms with Crippen LogP contribution < -0.4 is 0 Å². The molecule has 0 heterocycles. The maximum absolute atomic E-state index is 8.74. The van der Waals surface area contributed by atoms with Crippen molar-refractivity contribution < 1.29 is 5.11 Å². The van der Waals surface area contributed by atoms with E-state index in [2.05, 4.69) is 6.92 Å². The van der Waals surface area contributed by atoms with Crippen molar-refractivity contribution in [3.63, 3.8) is 0 Å². The molecular weight excluding hydrogens is 256 g/mol. The molecule has 4 atom stereocenters. The smallest absolute Gasteiger partial charge is 0.0431 e. The Bertz CT molecular complexity index is 263. The van der Waals surface area contributed by atoms with Gasteiger partial charge in [-0.25, -0.2) is 0 Å². The summed E-state index contributed by atoms with van der Waals surface area (Å²) >= 11 is 0. The summed E-state index contributed by atoms with van der Waals surface area (Å²) in [4.78, 5) is 0. The fourth-order valence-corrected chi connectivity index (χ4v) is 4.18. The van der Waals surface area contributed by atoms with E-state index in [0.29, 0.717) is 6.61 Å². The second-order valence-corrected chi connectivity index (χ2v) is 7.88. The van der Waals surface area contributed by atoms with Gasteiger partial charge < -0.3 is 5.11 Å². The zero-order valence-corrected chi connectivity index (χ0v) is 14.4. The molecule has 2 aliphatic carbocycles. The van der Waals surface area contributed by atoms with Crippen LogP contribution in [0.5, 0.6) is 0 Å². The van der Waals surface area contributed by atoms with Crippen LogP contribution in [-0.4, -0.2) is 11.7 Å². The topological polar surface area (TPSA) is 20.2 Å². The average Bonchev–Trinajstić information content (AvgIpc) is 3.39. The Morgan fingerprint density at radius 1 is 0.667 bits per heavy atom. The first-order valence-electron chi connectivity index (χ1n) is 9.96. The minimum atomic E-state index is 0.379. The molecule has 0 bridgehead atoms. The summed E-state index contributed by atoms with van der Waals surface area (Å²) in [6.07, 6.45) is 19.9. The monoisotopic (exact) mass is 294 g/mol. The van der Waals surface area contributed by atoms with E-state index < -0.39 is 0 Å². The van der Waals surface area contributed by atoms with Crippen molar-refractivity contribution in [3.8, 4) is 0 Å². The molecule has 0 aromatic rings.